The van der Waals surface area contributed by atoms with E-state index in [1.807, 2.05) is 37.3 Å². The minimum Gasteiger partial charge on any atom is -0.326 e. The van der Waals surface area contributed by atoms with Crippen molar-refractivity contribution in [3.05, 3.63) is 71.0 Å². The molecule has 0 aliphatic heterocycles. The minimum absolute atomic E-state index is 0.175. The zero-order valence-corrected chi connectivity index (χ0v) is 15.6. The number of halogens is 1. The normalized spacial score (nSPS) is 10.7. The number of aromatic nitrogens is 3. The molecule has 0 N–H and O–H groups in total. The summed E-state index contributed by atoms with van der Waals surface area (Å²) in [5, 5.41) is 5.08. The minimum atomic E-state index is -0.175. The van der Waals surface area contributed by atoms with Crippen LogP contribution in [0.1, 0.15) is 18.3 Å². The van der Waals surface area contributed by atoms with Gasteiger partial charge in [0.2, 0.25) is 0 Å². The van der Waals surface area contributed by atoms with Crippen LogP contribution in [-0.2, 0) is 12.8 Å². The van der Waals surface area contributed by atoms with Gasteiger partial charge in [-0.1, -0.05) is 48.9 Å². The third kappa shape index (κ3) is 4.11. The number of likely N-dealkylation sites (N-methyl/N-ethyl adjacent to an activating group) is 1. The second-order valence-electron chi connectivity index (χ2n) is 6.06. The van der Waals surface area contributed by atoms with Gasteiger partial charge in [-0.25, -0.2) is 9.78 Å². The largest absolute Gasteiger partial charge is 0.346 e. The van der Waals surface area contributed by atoms with Crippen molar-refractivity contribution in [2.45, 2.75) is 19.8 Å². The number of carbonyl (C=O) groups excluding carboxylic acids is 1. The van der Waals surface area contributed by atoms with E-state index in [0.717, 1.165) is 12.0 Å². The molecule has 1 aromatic heterocycles. The van der Waals surface area contributed by atoms with Crippen LogP contribution in [0.4, 0.5) is 4.79 Å². The van der Waals surface area contributed by atoms with Gasteiger partial charge < -0.3 is 4.90 Å². The van der Waals surface area contributed by atoms with Crippen LogP contribution in [0.15, 0.2) is 54.6 Å². The van der Waals surface area contributed by atoms with E-state index in [-0.39, 0.29) is 6.03 Å². The van der Waals surface area contributed by atoms with Crippen LogP contribution >= 0.6 is 11.6 Å². The highest BCUT2D eigenvalue weighted by Crippen LogP contribution is 2.19. The Morgan fingerprint density at radius 2 is 1.81 bits per heavy atom. The predicted octanol–water partition coefficient (Wildman–Crippen LogP) is 4.30. The van der Waals surface area contributed by atoms with Gasteiger partial charge in [-0.3, -0.25) is 0 Å². The monoisotopic (exact) mass is 368 g/mol. The lowest BCUT2D eigenvalue weighted by atomic mass is 10.1. The summed E-state index contributed by atoms with van der Waals surface area (Å²) in [4.78, 5) is 19.0. The molecule has 0 atom stereocenters. The van der Waals surface area contributed by atoms with Crippen LogP contribution in [0.25, 0.3) is 11.4 Å². The maximum Gasteiger partial charge on any atom is 0.346 e. The molecule has 2 aromatic carbocycles. The van der Waals surface area contributed by atoms with Gasteiger partial charge in [0.25, 0.3) is 0 Å². The molecule has 3 rings (SSSR count). The molecule has 1 amide bonds. The predicted molar refractivity (Wildman–Crippen MR) is 103 cm³/mol. The standard InChI is InChI=1S/C20H21ClN4O/c1-3-18-22-19(16-9-11-17(21)12-10-16)23-25(18)20(26)24(2)14-13-15-7-5-4-6-8-15/h4-12H,3,13-14H2,1-2H3. The van der Waals surface area contributed by atoms with Crippen molar-refractivity contribution < 1.29 is 4.79 Å². The van der Waals surface area contributed by atoms with E-state index >= 15 is 0 Å². The lowest BCUT2D eigenvalue weighted by Crippen LogP contribution is -2.34. The Labute approximate surface area is 158 Å². The molecule has 0 spiro atoms. The highest BCUT2D eigenvalue weighted by atomic mass is 35.5. The quantitative estimate of drug-likeness (QED) is 0.674. The summed E-state index contributed by atoms with van der Waals surface area (Å²) in [6.07, 6.45) is 1.42. The molecule has 0 saturated heterocycles. The van der Waals surface area contributed by atoms with Gasteiger partial charge in [-0.2, -0.15) is 4.68 Å². The number of rotatable bonds is 5. The van der Waals surface area contributed by atoms with Crippen molar-refractivity contribution in [2.75, 3.05) is 13.6 Å². The summed E-state index contributed by atoms with van der Waals surface area (Å²) in [5.41, 5.74) is 2.03. The summed E-state index contributed by atoms with van der Waals surface area (Å²) in [5.74, 6) is 1.18. The summed E-state index contributed by atoms with van der Waals surface area (Å²) in [6, 6.07) is 17.2. The number of amides is 1. The molecule has 6 heteroatoms. The van der Waals surface area contributed by atoms with Crippen molar-refractivity contribution in [3.8, 4) is 11.4 Å². The maximum absolute atomic E-state index is 12.8. The van der Waals surface area contributed by atoms with E-state index in [1.165, 1.54) is 10.2 Å². The second kappa shape index (κ2) is 8.15. The third-order valence-corrected chi connectivity index (χ3v) is 4.43. The molecule has 0 bridgehead atoms. The number of nitrogens with zero attached hydrogens (tertiary/aromatic N) is 4. The molecule has 0 aliphatic rings. The summed E-state index contributed by atoms with van der Waals surface area (Å²) < 4.78 is 1.40. The lowest BCUT2D eigenvalue weighted by molar-refractivity contribution is 0.207. The Hall–Kier alpha value is -2.66. The van der Waals surface area contributed by atoms with Crippen molar-refractivity contribution in [3.63, 3.8) is 0 Å². The first-order valence-corrected chi connectivity index (χ1v) is 8.97. The van der Waals surface area contributed by atoms with E-state index in [1.54, 1.807) is 24.1 Å². The molecule has 1 heterocycles. The first kappa shape index (κ1) is 18.1. The van der Waals surface area contributed by atoms with Gasteiger partial charge in [-0.15, -0.1) is 5.10 Å². The van der Waals surface area contributed by atoms with Gasteiger partial charge in [0.1, 0.15) is 5.82 Å². The van der Waals surface area contributed by atoms with Crippen LogP contribution in [0.5, 0.6) is 0 Å². The molecular formula is C20H21ClN4O. The zero-order valence-electron chi connectivity index (χ0n) is 14.9. The highest BCUT2D eigenvalue weighted by molar-refractivity contribution is 6.30. The molecule has 134 valence electrons. The highest BCUT2D eigenvalue weighted by Gasteiger charge is 2.19. The fraction of sp³-hybridized carbons (Fsp3) is 0.250. The summed E-state index contributed by atoms with van der Waals surface area (Å²) in [6.45, 7) is 2.57. The van der Waals surface area contributed by atoms with Gasteiger partial charge in [0, 0.05) is 30.6 Å². The maximum atomic E-state index is 12.8. The molecule has 26 heavy (non-hydrogen) atoms. The SMILES string of the molecule is CCc1nc(-c2ccc(Cl)cc2)nn1C(=O)N(C)CCc1ccccc1. The van der Waals surface area contributed by atoms with E-state index < -0.39 is 0 Å². The van der Waals surface area contributed by atoms with Crippen LogP contribution < -0.4 is 0 Å². The zero-order chi connectivity index (χ0) is 18.5. The Morgan fingerprint density at radius 3 is 2.46 bits per heavy atom. The molecule has 0 aliphatic carbocycles. The summed E-state index contributed by atoms with van der Waals surface area (Å²) >= 11 is 5.93. The molecule has 5 nitrogen and oxygen atoms in total. The molecule has 3 aromatic rings. The van der Waals surface area contributed by atoms with E-state index in [4.69, 9.17) is 11.6 Å². The average molecular weight is 369 g/mol. The van der Waals surface area contributed by atoms with Crippen molar-refractivity contribution in [2.24, 2.45) is 0 Å². The van der Waals surface area contributed by atoms with Gasteiger partial charge >= 0.3 is 6.03 Å². The smallest absolute Gasteiger partial charge is 0.326 e. The Kier molecular flexibility index (Phi) is 5.68. The Balaban J connectivity index is 1.76. The van der Waals surface area contributed by atoms with Crippen molar-refractivity contribution in [1.82, 2.24) is 19.7 Å². The third-order valence-electron chi connectivity index (χ3n) is 4.18. The van der Waals surface area contributed by atoms with E-state index in [2.05, 4.69) is 22.2 Å². The first-order valence-electron chi connectivity index (χ1n) is 8.59. The Morgan fingerprint density at radius 1 is 1.12 bits per heavy atom. The first-order chi connectivity index (χ1) is 12.6. The molecule has 0 radical (unpaired) electrons. The van der Waals surface area contributed by atoms with Crippen molar-refractivity contribution >= 4 is 17.6 Å². The van der Waals surface area contributed by atoms with Gasteiger partial charge in [0.05, 0.1) is 0 Å². The summed E-state index contributed by atoms with van der Waals surface area (Å²) in [7, 11) is 1.79. The number of hydrogen-bond acceptors (Lipinski definition) is 3. The number of hydrogen-bond donors (Lipinski definition) is 0. The van der Waals surface area contributed by atoms with E-state index in [9.17, 15) is 4.79 Å². The molecule has 0 unspecified atom stereocenters. The van der Waals surface area contributed by atoms with E-state index in [0.29, 0.717) is 29.6 Å². The second-order valence-corrected chi connectivity index (χ2v) is 6.50. The van der Waals surface area contributed by atoms with Gasteiger partial charge in [0.15, 0.2) is 5.82 Å². The van der Waals surface area contributed by atoms with Crippen molar-refractivity contribution in [1.29, 1.82) is 0 Å². The topological polar surface area (TPSA) is 51.0 Å². The van der Waals surface area contributed by atoms with Crippen LogP contribution in [0.2, 0.25) is 5.02 Å². The number of benzene rings is 2. The van der Waals surface area contributed by atoms with Crippen LogP contribution in [0.3, 0.4) is 0 Å². The molecule has 0 saturated carbocycles. The fourth-order valence-corrected chi connectivity index (χ4v) is 2.77. The number of aryl methyl sites for hydroxylation is 1. The Bertz CT molecular complexity index is 875. The lowest BCUT2D eigenvalue weighted by Gasteiger charge is -2.17. The van der Waals surface area contributed by atoms with Gasteiger partial charge in [-0.05, 0) is 36.2 Å². The molecular weight excluding hydrogens is 348 g/mol. The molecule has 0 fully saturated rings. The van der Waals surface area contributed by atoms with Crippen LogP contribution in [0, 0.1) is 0 Å². The number of carbonyl (C=O) groups is 1. The average Bonchev–Trinajstić information content (AvgIpc) is 3.11. The fourth-order valence-electron chi connectivity index (χ4n) is 2.65. The van der Waals surface area contributed by atoms with Crippen LogP contribution in [-0.4, -0.2) is 39.3 Å².